The van der Waals surface area contributed by atoms with Crippen molar-refractivity contribution in [3.63, 3.8) is 0 Å². The summed E-state index contributed by atoms with van der Waals surface area (Å²) < 4.78 is 5.74. The number of pyridine rings is 1. The number of hydrogen-bond donors (Lipinski definition) is 1. The Morgan fingerprint density at radius 3 is 2.61 bits per heavy atom. The summed E-state index contributed by atoms with van der Waals surface area (Å²) in [5.41, 5.74) is 4.49. The van der Waals surface area contributed by atoms with Crippen LogP contribution >= 0.6 is 0 Å². The van der Waals surface area contributed by atoms with Crippen molar-refractivity contribution in [2.24, 2.45) is 0 Å². The van der Waals surface area contributed by atoms with Gasteiger partial charge in [0.2, 0.25) is 5.88 Å². The zero-order chi connectivity index (χ0) is 18.9. The SMILES string of the molecule is Oc1nc(Oc2ccc(N3CCc4ccccc4C3)cc2)nc2cnccc12. The maximum absolute atomic E-state index is 10.1. The van der Waals surface area contributed by atoms with Crippen LogP contribution in [0, 0.1) is 0 Å². The highest BCUT2D eigenvalue weighted by molar-refractivity contribution is 5.82. The highest BCUT2D eigenvalue weighted by atomic mass is 16.5. The molecule has 0 atom stereocenters. The predicted molar refractivity (Wildman–Crippen MR) is 107 cm³/mol. The molecule has 1 aliphatic heterocycles. The van der Waals surface area contributed by atoms with E-state index < -0.39 is 0 Å². The molecule has 1 aliphatic rings. The first-order valence-electron chi connectivity index (χ1n) is 9.17. The van der Waals surface area contributed by atoms with Crippen molar-refractivity contribution in [1.82, 2.24) is 15.0 Å². The zero-order valence-electron chi connectivity index (χ0n) is 15.1. The molecule has 0 bridgehead atoms. The van der Waals surface area contributed by atoms with E-state index in [1.807, 2.05) is 24.3 Å². The van der Waals surface area contributed by atoms with Crippen LogP contribution in [-0.2, 0) is 13.0 Å². The number of fused-ring (bicyclic) bond motifs is 2. The van der Waals surface area contributed by atoms with Crippen LogP contribution in [0.5, 0.6) is 17.6 Å². The first-order valence-corrected chi connectivity index (χ1v) is 9.17. The van der Waals surface area contributed by atoms with Crippen LogP contribution in [0.1, 0.15) is 11.1 Å². The minimum absolute atomic E-state index is 0.0950. The van der Waals surface area contributed by atoms with Gasteiger partial charge in [-0.05, 0) is 47.9 Å². The molecule has 0 spiro atoms. The average molecular weight is 370 g/mol. The minimum Gasteiger partial charge on any atom is -0.493 e. The molecule has 6 heteroatoms. The molecule has 28 heavy (non-hydrogen) atoms. The largest absolute Gasteiger partial charge is 0.493 e. The molecule has 4 aromatic rings. The lowest BCUT2D eigenvalue weighted by Crippen LogP contribution is -2.30. The molecule has 6 nitrogen and oxygen atoms in total. The van der Waals surface area contributed by atoms with E-state index in [2.05, 4.69) is 44.1 Å². The number of hydrogen-bond acceptors (Lipinski definition) is 6. The lowest BCUT2D eigenvalue weighted by Gasteiger charge is -2.30. The monoisotopic (exact) mass is 370 g/mol. The summed E-state index contributed by atoms with van der Waals surface area (Å²) in [6.45, 7) is 1.90. The molecule has 0 aliphatic carbocycles. The molecule has 3 heterocycles. The summed E-state index contributed by atoms with van der Waals surface area (Å²) in [4.78, 5) is 14.7. The van der Waals surface area contributed by atoms with Crippen LogP contribution in [0.2, 0.25) is 0 Å². The van der Waals surface area contributed by atoms with E-state index in [4.69, 9.17) is 4.74 Å². The molecule has 0 radical (unpaired) electrons. The molecular formula is C22H18N4O2. The van der Waals surface area contributed by atoms with Gasteiger partial charge in [-0.1, -0.05) is 24.3 Å². The second-order valence-corrected chi connectivity index (χ2v) is 6.76. The third kappa shape index (κ3) is 3.09. The lowest BCUT2D eigenvalue weighted by molar-refractivity contribution is 0.412. The third-order valence-corrected chi connectivity index (χ3v) is 5.00. The number of ether oxygens (including phenoxy) is 1. The fourth-order valence-corrected chi connectivity index (χ4v) is 3.54. The first-order chi connectivity index (χ1) is 13.8. The van der Waals surface area contributed by atoms with Crippen LogP contribution < -0.4 is 9.64 Å². The Kier molecular flexibility index (Phi) is 4.01. The highest BCUT2D eigenvalue weighted by Crippen LogP contribution is 2.29. The van der Waals surface area contributed by atoms with Gasteiger partial charge in [-0.25, -0.2) is 0 Å². The topological polar surface area (TPSA) is 71.4 Å². The van der Waals surface area contributed by atoms with E-state index in [0.29, 0.717) is 16.7 Å². The van der Waals surface area contributed by atoms with Crippen molar-refractivity contribution >= 4 is 16.6 Å². The van der Waals surface area contributed by atoms with E-state index in [9.17, 15) is 5.11 Å². The number of aromatic hydroxyl groups is 1. The second kappa shape index (κ2) is 6.81. The number of nitrogens with zero attached hydrogens (tertiary/aromatic N) is 4. The van der Waals surface area contributed by atoms with Gasteiger partial charge in [0, 0.05) is 25.0 Å². The average Bonchev–Trinajstić information content (AvgIpc) is 2.74. The third-order valence-electron chi connectivity index (χ3n) is 5.00. The Labute approximate surface area is 162 Å². The maximum atomic E-state index is 10.1. The molecule has 0 unspecified atom stereocenters. The molecule has 2 aromatic carbocycles. The normalized spacial score (nSPS) is 13.4. The Morgan fingerprint density at radius 2 is 1.75 bits per heavy atom. The van der Waals surface area contributed by atoms with E-state index >= 15 is 0 Å². The second-order valence-electron chi connectivity index (χ2n) is 6.76. The number of benzene rings is 2. The zero-order valence-corrected chi connectivity index (χ0v) is 15.1. The van der Waals surface area contributed by atoms with Gasteiger partial charge in [0.1, 0.15) is 5.75 Å². The van der Waals surface area contributed by atoms with Gasteiger partial charge in [-0.3, -0.25) is 4.98 Å². The minimum atomic E-state index is -0.119. The van der Waals surface area contributed by atoms with Crippen LogP contribution in [0.15, 0.2) is 67.0 Å². The van der Waals surface area contributed by atoms with E-state index in [1.165, 1.54) is 11.1 Å². The number of aromatic nitrogens is 3. The summed E-state index contributed by atoms with van der Waals surface area (Å²) >= 11 is 0. The quantitative estimate of drug-likeness (QED) is 0.586. The van der Waals surface area contributed by atoms with Gasteiger partial charge >= 0.3 is 6.01 Å². The fourth-order valence-electron chi connectivity index (χ4n) is 3.54. The summed E-state index contributed by atoms with van der Waals surface area (Å²) in [5.74, 6) is 0.495. The summed E-state index contributed by atoms with van der Waals surface area (Å²) in [6.07, 6.45) is 4.21. The Hall–Kier alpha value is -3.67. The smallest absolute Gasteiger partial charge is 0.325 e. The van der Waals surface area contributed by atoms with Gasteiger partial charge in [0.25, 0.3) is 0 Å². The van der Waals surface area contributed by atoms with Crippen LogP contribution in [0.25, 0.3) is 10.9 Å². The molecule has 0 amide bonds. The van der Waals surface area contributed by atoms with Gasteiger partial charge < -0.3 is 14.7 Å². The van der Waals surface area contributed by atoms with Crippen molar-refractivity contribution in [2.75, 3.05) is 11.4 Å². The van der Waals surface area contributed by atoms with Crippen molar-refractivity contribution in [1.29, 1.82) is 0 Å². The molecular weight excluding hydrogens is 352 g/mol. The summed E-state index contributed by atoms with van der Waals surface area (Å²) in [6, 6.07) is 18.2. The van der Waals surface area contributed by atoms with Gasteiger partial charge in [0.15, 0.2) is 0 Å². The summed E-state index contributed by atoms with van der Waals surface area (Å²) in [5, 5.41) is 10.6. The van der Waals surface area contributed by atoms with Crippen molar-refractivity contribution in [2.45, 2.75) is 13.0 Å². The Bertz CT molecular complexity index is 1140. The molecule has 2 aromatic heterocycles. The van der Waals surface area contributed by atoms with Crippen molar-refractivity contribution in [3.8, 4) is 17.6 Å². The van der Waals surface area contributed by atoms with E-state index in [0.717, 1.165) is 25.2 Å². The van der Waals surface area contributed by atoms with Crippen LogP contribution in [0.3, 0.4) is 0 Å². The molecule has 1 N–H and O–H groups in total. The first kappa shape index (κ1) is 16.5. The van der Waals surface area contributed by atoms with Gasteiger partial charge in [-0.15, -0.1) is 0 Å². The molecule has 138 valence electrons. The molecule has 0 fully saturated rings. The Balaban J connectivity index is 1.35. The highest BCUT2D eigenvalue weighted by Gasteiger charge is 2.16. The predicted octanol–water partition coefficient (Wildman–Crippen LogP) is 4.09. The molecule has 0 saturated carbocycles. The molecule has 0 saturated heterocycles. The van der Waals surface area contributed by atoms with Crippen LogP contribution in [0.4, 0.5) is 5.69 Å². The van der Waals surface area contributed by atoms with Crippen LogP contribution in [-0.4, -0.2) is 26.6 Å². The number of anilines is 1. The summed E-state index contributed by atoms with van der Waals surface area (Å²) in [7, 11) is 0. The van der Waals surface area contributed by atoms with Gasteiger partial charge in [0.05, 0.1) is 17.1 Å². The Morgan fingerprint density at radius 1 is 0.929 bits per heavy atom. The lowest BCUT2D eigenvalue weighted by atomic mass is 9.99. The van der Waals surface area contributed by atoms with Crippen molar-refractivity contribution < 1.29 is 9.84 Å². The maximum Gasteiger partial charge on any atom is 0.325 e. The van der Waals surface area contributed by atoms with Gasteiger partial charge in [-0.2, -0.15) is 9.97 Å². The standard InChI is InChI=1S/C22H18N4O2/c27-21-19-9-11-23-13-20(19)24-22(25-21)28-18-7-5-17(6-8-18)26-12-10-15-3-1-2-4-16(15)14-26/h1-9,11,13H,10,12,14H2,(H,24,25,27). The fraction of sp³-hybridized carbons (Fsp3) is 0.136. The van der Waals surface area contributed by atoms with E-state index in [1.54, 1.807) is 18.5 Å². The number of rotatable bonds is 3. The van der Waals surface area contributed by atoms with E-state index in [-0.39, 0.29) is 11.9 Å². The molecule has 5 rings (SSSR count). The van der Waals surface area contributed by atoms with Crippen molar-refractivity contribution in [3.05, 3.63) is 78.1 Å².